The van der Waals surface area contributed by atoms with Crippen LogP contribution in [0.3, 0.4) is 0 Å². The van der Waals surface area contributed by atoms with Crippen molar-refractivity contribution in [2.45, 2.75) is 56.9 Å². The van der Waals surface area contributed by atoms with E-state index in [0.717, 1.165) is 32.8 Å². The Morgan fingerprint density at radius 3 is 2.37 bits per heavy atom. The lowest BCUT2D eigenvalue weighted by Crippen LogP contribution is -2.55. The normalized spacial score (nSPS) is 16.4. The van der Waals surface area contributed by atoms with Crippen LogP contribution in [0, 0.1) is 5.92 Å². The van der Waals surface area contributed by atoms with E-state index in [1.54, 1.807) is 48.8 Å². The molecule has 0 spiro atoms. The first-order valence-corrected chi connectivity index (χ1v) is 17.3. The minimum Gasteiger partial charge on any atom is -0.348 e. The van der Waals surface area contributed by atoms with Crippen molar-refractivity contribution in [2.24, 2.45) is 27.1 Å². The van der Waals surface area contributed by atoms with Crippen molar-refractivity contribution in [2.75, 3.05) is 0 Å². The number of carbonyl (C=O) groups is 2. The fraction of sp³-hybridized carbons (Fsp3) is 0.342. The zero-order valence-corrected chi connectivity index (χ0v) is 30.3. The van der Waals surface area contributed by atoms with Crippen LogP contribution in [0.2, 0.25) is 0 Å². The molecule has 7 rings (SSSR count). The van der Waals surface area contributed by atoms with Crippen molar-refractivity contribution in [3.8, 4) is 22.4 Å². The second-order valence-corrected chi connectivity index (χ2v) is 14.6. The number of fused-ring (bicyclic) bond motifs is 1. The highest BCUT2D eigenvalue weighted by atomic mass is 19.4. The summed E-state index contributed by atoms with van der Waals surface area (Å²) in [5, 5.41) is 19.1. The zero-order valence-electron chi connectivity index (χ0n) is 30.3. The topological polar surface area (TPSA) is 147 Å². The number of amides is 2. The molecule has 0 saturated heterocycles. The van der Waals surface area contributed by atoms with Crippen molar-refractivity contribution >= 4 is 22.8 Å². The van der Waals surface area contributed by atoms with Gasteiger partial charge in [0, 0.05) is 80.8 Å². The van der Waals surface area contributed by atoms with Gasteiger partial charge in [-0.15, -0.1) is 0 Å². The lowest BCUT2D eigenvalue weighted by Gasteiger charge is -2.30. The summed E-state index contributed by atoms with van der Waals surface area (Å²) >= 11 is 0. The molecule has 5 heterocycles. The average Bonchev–Trinajstić information content (AvgIpc) is 3.38. The zero-order chi connectivity index (χ0) is 38.5. The molecule has 6 aromatic rings. The van der Waals surface area contributed by atoms with Crippen LogP contribution in [0.25, 0.3) is 33.4 Å². The summed E-state index contributed by atoms with van der Waals surface area (Å²) in [6.07, 6.45) is 4.54. The molecule has 2 amide bonds. The highest BCUT2D eigenvalue weighted by Gasteiger charge is 2.45. The number of hydrogen-bond acceptors (Lipinski definition) is 7. The minimum atomic E-state index is -4.73. The summed E-state index contributed by atoms with van der Waals surface area (Å²) in [6.45, 7) is 3.14. The van der Waals surface area contributed by atoms with Crippen LogP contribution in [0.5, 0.6) is 0 Å². The molecule has 0 bridgehead atoms. The fourth-order valence-corrected chi connectivity index (χ4v) is 6.72. The monoisotopic (exact) mass is 740 g/mol. The first-order valence-electron chi connectivity index (χ1n) is 17.3. The molecule has 5 aromatic heterocycles. The molecular weight excluding hydrogens is 701 g/mol. The van der Waals surface area contributed by atoms with E-state index in [2.05, 4.69) is 30.9 Å². The molecule has 16 heteroatoms. The van der Waals surface area contributed by atoms with Crippen LogP contribution in [-0.2, 0) is 49.9 Å². The van der Waals surface area contributed by atoms with Gasteiger partial charge in [0.1, 0.15) is 6.04 Å². The van der Waals surface area contributed by atoms with Gasteiger partial charge in [-0.2, -0.15) is 28.5 Å². The number of carbonyl (C=O) groups excluding carboxylic acids is 2. The number of aryl methyl sites for hydroxylation is 3. The van der Waals surface area contributed by atoms with Gasteiger partial charge in [-0.25, -0.2) is 4.98 Å². The van der Waals surface area contributed by atoms with E-state index in [0.29, 0.717) is 17.6 Å². The predicted molar refractivity (Wildman–Crippen MR) is 194 cm³/mol. The third-order valence-corrected chi connectivity index (χ3v) is 9.58. The molecule has 13 nitrogen and oxygen atoms in total. The van der Waals surface area contributed by atoms with Crippen LogP contribution < -0.4 is 16.2 Å². The largest absolute Gasteiger partial charge is 0.435 e. The van der Waals surface area contributed by atoms with Gasteiger partial charge in [-0.05, 0) is 61.1 Å². The van der Waals surface area contributed by atoms with E-state index in [4.69, 9.17) is 0 Å². The minimum absolute atomic E-state index is 0.0209. The number of alkyl halides is 3. The molecule has 0 unspecified atom stereocenters. The third-order valence-electron chi connectivity index (χ3n) is 9.58. The van der Waals surface area contributed by atoms with Crippen LogP contribution in [0.4, 0.5) is 13.2 Å². The molecule has 280 valence electrons. The Morgan fingerprint density at radius 1 is 0.926 bits per heavy atom. The highest BCUT2D eigenvalue weighted by molar-refractivity contribution is 5.90. The molecule has 3 atom stereocenters. The second kappa shape index (κ2) is 13.7. The summed E-state index contributed by atoms with van der Waals surface area (Å²) in [5.74, 6) is -1.15. The number of halogens is 3. The predicted octanol–water partition coefficient (Wildman–Crippen LogP) is 4.38. The summed E-state index contributed by atoms with van der Waals surface area (Å²) in [6, 6.07) is 12.7. The quantitative estimate of drug-likeness (QED) is 0.201. The van der Waals surface area contributed by atoms with Gasteiger partial charge < -0.3 is 15.2 Å². The van der Waals surface area contributed by atoms with Crippen molar-refractivity contribution in [3.63, 3.8) is 0 Å². The third kappa shape index (κ3) is 7.82. The highest BCUT2D eigenvalue weighted by Crippen LogP contribution is 2.48. The van der Waals surface area contributed by atoms with Gasteiger partial charge in [0.05, 0.1) is 24.0 Å². The Morgan fingerprint density at radius 2 is 1.69 bits per heavy atom. The average molecular weight is 741 g/mol. The Balaban J connectivity index is 1.06. The lowest BCUT2D eigenvalue weighted by atomic mass is 10.0. The summed E-state index contributed by atoms with van der Waals surface area (Å²) in [5.41, 5.74) is 1.99. The first-order chi connectivity index (χ1) is 25.5. The molecule has 1 fully saturated rings. The van der Waals surface area contributed by atoms with E-state index in [-0.39, 0.29) is 42.0 Å². The molecule has 2 N–H and O–H groups in total. The van der Waals surface area contributed by atoms with Gasteiger partial charge in [0.25, 0.3) is 5.56 Å². The second-order valence-electron chi connectivity index (χ2n) is 14.6. The molecule has 1 aliphatic rings. The van der Waals surface area contributed by atoms with Gasteiger partial charge in [-0.3, -0.25) is 28.4 Å². The van der Waals surface area contributed by atoms with Crippen molar-refractivity contribution in [1.82, 2.24) is 49.5 Å². The maximum absolute atomic E-state index is 13.9. The summed E-state index contributed by atoms with van der Waals surface area (Å²) < 4.78 is 47.2. The fourth-order valence-electron chi connectivity index (χ4n) is 6.72. The van der Waals surface area contributed by atoms with E-state index in [1.165, 1.54) is 29.9 Å². The number of rotatable bonds is 11. The molecule has 1 saturated carbocycles. The first kappa shape index (κ1) is 36.3. The Bertz CT molecular complexity index is 2420. The van der Waals surface area contributed by atoms with Crippen LogP contribution in [-0.4, -0.2) is 62.3 Å². The van der Waals surface area contributed by atoms with Crippen LogP contribution in [0.1, 0.15) is 43.0 Å². The smallest absolute Gasteiger partial charge is 0.348 e. The van der Waals surface area contributed by atoms with Crippen LogP contribution in [0.15, 0.2) is 84.3 Å². The number of nitrogens with one attached hydrogen (secondary N) is 2. The van der Waals surface area contributed by atoms with Crippen molar-refractivity contribution in [3.05, 3.63) is 107 Å². The standard InChI is InChI=1S/C38H39F3N10O3/c1-37(2,21-51-31(16-32(46-51)38(39,40)41)25-10-11-48(3)33(52)14-25)45-36(54)30(12-22-17-43-49(4)19-22)44-35(53)29-15-28(29)24-8-6-23(7-9-24)26-13-27-20-50(5)47-34(27)42-18-26/h6-11,13-14,16-20,28-30H,12,15,21H2,1-5H3,(H,44,53)(H,45,54)/t28-,29+,30-/m1/s1. The number of aromatic nitrogens is 8. The van der Waals surface area contributed by atoms with E-state index >= 15 is 0 Å². The molecule has 54 heavy (non-hydrogen) atoms. The maximum atomic E-state index is 13.9. The lowest BCUT2D eigenvalue weighted by molar-refractivity contribution is -0.141. The molecule has 0 radical (unpaired) electrons. The summed E-state index contributed by atoms with van der Waals surface area (Å²) in [7, 11) is 5.13. The Kier molecular flexibility index (Phi) is 9.23. The SMILES string of the molecule is Cn1cc(C[C@@H](NC(=O)[C@H]2C[C@@H]2c2ccc(-c3cnc4nn(C)cc4c3)cc2)C(=O)NC(C)(C)Cn2nc(C(F)(F)F)cc2-c2ccn(C)c(=O)c2)cn1. The number of benzene rings is 1. The number of nitrogens with zero attached hydrogens (tertiary/aromatic N) is 8. The molecule has 1 aromatic carbocycles. The van der Waals surface area contributed by atoms with E-state index in [1.807, 2.05) is 43.6 Å². The Hall–Kier alpha value is -6.06. The summed E-state index contributed by atoms with van der Waals surface area (Å²) in [4.78, 5) is 44.4. The van der Waals surface area contributed by atoms with Gasteiger partial charge in [-0.1, -0.05) is 24.3 Å². The molecule has 1 aliphatic carbocycles. The Labute approximate surface area is 307 Å². The number of hydrogen-bond donors (Lipinski definition) is 2. The molecule has 0 aliphatic heterocycles. The van der Waals surface area contributed by atoms with Crippen molar-refractivity contribution < 1.29 is 22.8 Å². The van der Waals surface area contributed by atoms with Gasteiger partial charge in [0.2, 0.25) is 11.8 Å². The van der Waals surface area contributed by atoms with Crippen LogP contribution >= 0.6 is 0 Å². The van der Waals surface area contributed by atoms with E-state index in [9.17, 15) is 27.6 Å². The van der Waals surface area contributed by atoms with E-state index < -0.39 is 34.9 Å². The van der Waals surface area contributed by atoms with Crippen molar-refractivity contribution in [1.29, 1.82) is 0 Å². The maximum Gasteiger partial charge on any atom is 0.435 e. The number of pyridine rings is 2. The molecular formula is C38H39F3N10O3. The van der Waals surface area contributed by atoms with Gasteiger partial charge in [0.15, 0.2) is 11.3 Å². The van der Waals surface area contributed by atoms with Gasteiger partial charge >= 0.3 is 6.18 Å².